The molecule has 110 valence electrons. The van der Waals surface area contributed by atoms with Crippen molar-refractivity contribution in [3.63, 3.8) is 0 Å². The SMILES string of the molecule is Cc1cccc(OCCSC(N)=NCc2ccccc2)c1. The minimum absolute atomic E-state index is 0.603. The molecule has 0 heterocycles. The normalized spacial score (nSPS) is 11.4. The molecule has 0 spiro atoms. The zero-order chi connectivity index (χ0) is 14.9. The van der Waals surface area contributed by atoms with Gasteiger partial charge in [-0.05, 0) is 30.2 Å². The van der Waals surface area contributed by atoms with Gasteiger partial charge >= 0.3 is 0 Å². The summed E-state index contributed by atoms with van der Waals surface area (Å²) < 4.78 is 5.67. The van der Waals surface area contributed by atoms with Gasteiger partial charge in [-0.2, -0.15) is 0 Å². The third kappa shape index (κ3) is 5.92. The lowest BCUT2D eigenvalue weighted by Gasteiger charge is -2.06. The van der Waals surface area contributed by atoms with Crippen LogP contribution in [0, 0.1) is 6.92 Å². The maximum Gasteiger partial charge on any atom is 0.154 e. The Balaban J connectivity index is 1.68. The molecule has 21 heavy (non-hydrogen) atoms. The summed E-state index contributed by atoms with van der Waals surface area (Å²) in [6, 6.07) is 18.1. The van der Waals surface area contributed by atoms with E-state index in [1.807, 2.05) is 48.5 Å². The van der Waals surface area contributed by atoms with E-state index in [-0.39, 0.29) is 0 Å². The first-order valence-corrected chi connectivity index (χ1v) is 7.89. The molecule has 0 bridgehead atoms. The van der Waals surface area contributed by atoms with Gasteiger partial charge in [0.15, 0.2) is 5.17 Å². The predicted molar refractivity (Wildman–Crippen MR) is 90.9 cm³/mol. The van der Waals surface area contributed by atoms with Crippen LogP contribution >= 0.6 is 11.8 Å². The summed E-state index contributed by atoms with van der Waals surface area (Å²) in [5.41, 5.74) is 8.24. The van der Waals surface area contributed by atoms with Gasteiger partial charge in [-0.25, -0.2) is 0 Å². The molecular formula is C17H20N2OS. The molecule has 0 aliphatic rings. The molecule has 2 rings (SSSR count). The first kappa shape index (κ1) is 15.4. The fraction of sp³-hybridized carbons (Fsp3) is 0.235. The highest BCUT2D eigenvalue weighted by molar-refractivity contribution is 8.13. The molecule has 0 saturated heterocycles. The van der Waals surface area contributed by atoms with Crippen LogP contribution in [0.5, 0.6) is 5.75 Å². The molecule has 0 radical (unpaired) electrons. The molecule has 0 aliphatic heterocycles. The molecule has 0 aromatic heterocycles. The third-order valence-electron chi connectivity index (χ3n) is 2.85. The average Bonchev–Trinajstić information content (AvgIpc) is 2.51. The number of benzene rings is 2. The van der Waals surface area contributed by atoms with E-state index in [4.69, 9.17) is 10.5 Å². The van der Waals surface area contributed by atoms with Gasteiger partial charge < -0.3 is 10.5 Å². The zero-order valence-electron chi connectivity index (χ0n) is 12.2. The summed E-state index contributed by atoms with van der Waals surface area (Å²) in [6.07, 6.45) is 0. The quantitative estimate of drug-likeness (QED) is 0.503. The number of aliphatic imine (C=N–C) groups is 1. The monoisotopic (exact) mass is 300 g/mol. The van der Waals surface area contributed by atoms with Crippen LogP contribution in [0.25, 0.3) is 0 Å². The maximum absolute atomic E-state index is 5.88. The van der Waals surface area contributed by atoms with E-state index >= 15 is 0 Å². The molecule has 2 aromatic rings. The van der Waals surface area contributed by atoms with E-state index in [1.165, 1.54) is 17.3 Å². The molecule has 0 saturated carbocycles. The van der Waals surface area contributed by atoms with Crippen molar-refractivity contribution in [1.82, 2.24) is 0 Å². The lowest BCUT2D eigenvalue weighted by atomic mass is 10.2. The zero-order valence-corrected chi connectivity index (χ0v) is 13.0. The lowest BCUT2D eigenvalue weighted by Crippen LogP contribution is -2.11. The van der Waals surface area contributed by atoms with E-state index in [0.29, 0.717) is 18.3 Å². The van der Waals surface area contributed by atoms with Crippen molar-refractivity contribution in [2.24, 2.45) is 10.7 Å². The average molecular weight is 300 g/mol. The Hall–Kier alpha value is -1.94. The maximum atomic E-state index is 5.88. The highest BCUT2D eigenvalue weighted by atomic mass is 32.2. The van der Waals surface area contributed by atoms with Gasteiger partial charge in [0.25, 0.3) is 0 Å². The van der Waals surface area contributed by atoms with Crippen molar-refractivity contribution in [3.8, 4) is 5.75 Å². The fourth-order valence-corrected chi connectivity index (χ4v) is 2.34. The Kier molecular flexibility index (Phi) is 6.16. The number of hydrogen-bond acceptors (Lipinski definition) is 3. The Morgan fingerprint density at radius 1 is 1.14 bits per heavy atom. The van der Waals surface area contributed by atoms with Crippen LogP contribution in [0.15, 0.2) is 59.6 Å². The van der Waals surface area contributed by atoms with Gasteiger partial charge in [-0.1, -0.05) is 54.2 Å². The van der Waals surface area contributed by atoms with Gasteiger partial charge in [0.05, 0.1) is 13.2 Å². The van der Waals surface area contributed by atoms with Crippen molar-refractivity contribution in [2.75, 3.05) is 12.4 Å². The molecule has 0 aliphatic carbocycles. The van der Waals surface area contributed by atoms with Crippen molar-refractivity contribution in [3.05, 3.63) is 65.7 Å². The Morgan fingerprint density at radius 3 is 2.71 bits per heavy atom. The van der Waals surface area contributed by atoms with Crippen LogP contribution < -0.4 is 10.5 Å². The van der Waals surface area contributed by atoms with E-state index in [9.17, 15) is 0 Å². The van der Waals surface area contributed by atoms with Crippen molar-refractivity contribution in [2.45, 2.75) is 13.5 Å². The second-order valence-corrected chi connectivity index (χ2v) is 5.77. The van der Waals surface area contributed by atoms with Gasteiger partial charge in [0.1, 0.15) is 5.75 Å². The Bertz CT molecular complexity index is 584. The first-order chi connectivity index (χ1) is 10.2. The van der Waals surface area contributed by atoms with Gasteiger partial charge in [0.2, 0.25) is 0 Å². The first-order valence-electron chi connectivity index (χ1n) is 6.90. The number of thioether (sulfide) groups is 1. The molecule has 4 heteroatoms. The van der Waals surface area contributed by atoms with Crippen LogP contribution in [-0.2, 0) is 6.54 Å². The topological polar surface area (TPSA) is 47.6 Å². The van der Waals surface area contributed by atoms with Crippen LogP contribution in [0.2, 0.25) is 0 Å². The highest BCUT2D eigenvalue weighted by Gasteiger charge is 1.97. The molecule has 3 nitrogen and oxygen atoms in total. The van der Waals surface area contributed by atoms with Gasteiger partial charge in [-0.15, -0.1) is 0 Å². The summed E-state index contributed by atoms with van der Waals surface area (Å²) in [6.45, 7) is 3.30. The van der Waals surface area contributed by atoms with Crippen molar-refractivity contribution < 1.29 is 4.74 Å². The van der Waals surface area contributed by atoms with Gasteiger partial charge in [-0.3, -0.25) is 4.99 Å². The third-order valence-corrected chi connectivity index (χ3v) is 3.65. The second-order valence-electron chi connectivity index (χ2n) is 4.65. The number of rotatable bonds is 6. The second kappa shape index (κ2) is 8.37. The lowest BCUT2D eigenvalue weighted by molar-refractivity contribution is 0.344. The van der Waals surface area contributed by atoms with E-state index in [0.717, 1.165) is 17.1 Å². The summed E-state index contributed by atoms with van der Waals surface area (Å²) in [7, 11) is 0. The number of ether oxygens (including phenoxy) is 1. The number of aryl methyl sites for hydroxylation is 1. The minimum atomic E-state index is 0.603. The van der Waals surface area contributed by atoms with Gasteiger partial charge in [0, 0.05) is 5.75 Å². The number of nitrogens with zero attached hydrogens (tertiary/aromatic N) is 1. The van der Waals surface area contributed by atoms with Crippen LogP contribution in [0.4, 0.5) is 0 Å². The smallest absolute Gasteiger partial charge is 0.154 e. The standard InChI is InChI=1S/C17H20N2OS/c1-14-6-5-9-16(12-14)20-10-11-21-17(18)19-13-15-7-3-2-4-8-15/h2-9,12H,10-11,13H2,1H3,(H2,18,19). The summed E-state index contributed by atoms with van der Waals surface area (Å²) in [5, 5.41) is 0.603. The Morgan fingerprint density at radius 2 is 1.95 bits per heavy atom. The van der Waals surface area contributed by atoms with Crippen LogP contribution in [0.1, 0.15) is 11.1 Å². The van der Waals surface area contributed by atoms with E-state index in [1.54, 1.807) is 0 Å². The summed E-state index contributed by atoms with van der Waals surface area (Å²) in [4.78, 5) is 4.35. The van der Waals surface area contributed by atoms with Crippen molar-refractivity contribution >= 4 is 16.9 Å². The number of hydrogen-bond donors (Lipinski definition) is 1. The molecule has 0 unspecified atom stereocenters. The molecular weight excluding hydrogens is 280 g/mol. The fourth-order valence-electron chi connectivity index (χ4n) is 1.81. The predicted octanol–water partition coefficient (Wildman–Crippen LogP) is 3.62. The van der Waals surface area contributed by atoms with Crippen molar-refractivity contribution in [1.29, 1.82) is 0 Å². The highest BCUT2D eigenvalue weighted by Crippen LogP contribution is 2.13. The Labute approximate surface area is 130 Å². The largest absolute Gasteiger partial charge is 0.493 e. The molecule has 0 amide bonds. The summed E-state index contributed by atoms with van der Waals surface area (Å²) >= 11 is 1.52. The van der Waals surface area contributed by atoms with Crippen LogP contribution in [-0.4, -0.2) is 17.5 Å². The molecule has 2 aromatic carbocycles. The molecule has 0 atom stereocenters. The summed E-state index contributed by atoms with van der Waals surface area (Å²) in [5.74, 6) is 1.69. The van der Waals surface area contributed by atoms with Crippen LogP contribution in [0.3, 0.4) is 0 Å². The van der Waals surface area contributed by atoms with E-state index < -0.39 is 0 Å². The number of amidine groups is 1. The molecule has 0 fully saturated rings. The number of nitrogens with two attached hydrogens (primary N) is 1. The molecule has 2 N–H and O–H groups in total. The van der Waals surface area contributed by atoms with E-state index in [2.05, 4.69) is 18.0 Å². The minimum Gasteiger partial charge on any atom is -0.493 e.